The van der Waals surface area contributed by atoms with Crippen molar-refractivity contribution in [1.29, 1.82) is 0 Å². The molecule has 158 valence electrons. The van der Waals surface area contributed by atoms with E-state index in [0.29, 0.717) is 11.9 Å². The van der Waals surface area contributed by atoms with E-state index in [-0.39, 0.29) is 36.6 Å². The second kappa shape index (κ2) is 12.6. The Morgan fingerprint density at radius 3 is 2.44 bits per heavy atom. The van der Waals surface area contributed by atoms with E-state index in [1.54, 1.807) is 6.92 Å². The lowest BCUT2D eigenvalue weighted by atomic mass is 9.96. The van der Waals surface area contributed by atoms with Crippen LogP contribution in [0.4, 0.5) is 0 Å². The first-order valence-corrected chi connectivity index (χ1v) is 9.64. The van der Waals surface area contributed by atoms with E-state index in [9.17, 15) is 5.11 Å². The van der Waals surface area contributed by atoms with Gasteiger partial charge < -0.3 is 24.9 Å². The van der Waals surface area contributed by atoms with Crippen molar-refractivity contribution in [3.05, 3.63) is 23.2 Å². The molecule has 1 aromatic heterocycles. The highest BCUT2D eigenvalue weighted by Gasteiger charge is 2.27. The molecule has 27 heavy (non-hydrogen) atoms. The third-order valence-electron chi connectivity index (χ3n) is 4.36. The van der Waals surface area contributed by atoms with E-state index in [2.05, 4.69) is 29.5 Å². The van der Waals surface area contributed by atoms with Gasteiger partial charge in [0.25, 0.3) is 0 Å². The van der Waals surface area contributed by atoms with Gasteiger partial charge in [-0.05, 0) is 53.0 Å². The third kappa shape index (κ3) is 8.83. The van der Waals surface area contributed by atoms with E-state index < -0.39 is 5.60 Å². The summed E-state index contributed by atoms with van der Waals surface area (Å²) < 4.78 is 11.3. The van der Waals surface area contributed by atoms with Crippen molar-refractivity contribution in [3.63, 3.8) is 0 Å². The van der Waals surface area contributed by atoms with Gasteiger partial charge in [0, 0.05) is 25.3 Å². The first kappa shape index (κ1) is 26.2. The summed E-state index contributed by atoms with van der Waals surface area (Å²) in [5.41, 5.74) is -0.290. The molecule has 0 saturated heterocycles. The molecular weight excluding hydrogens is 457 g/mol. The van der Waals surface area contributed by atoms with Crippen LogP contribution in [0.25, 0.3) is 0 Å². The Morgan fingerprint density at radius 2 is 1.96 bits per heavy atom. The Bertz CT molecular complexity index is 571. The molecule has 0 fully saturated rings. The fourth-order valence-electron chi connectivity index (χ4n) is 2.98. The molecule has 3 N–H and O–H groups in total. The second-order valence-electron chi connectivity index (χ2n) is 7.25. The average molecular weight is 495 g/mol. The Morgan fingerprint density at radius 1 is 1.30 bits per heavy atom. The SMILES string of the molecule is CCNC(=NCC(C)(O)c1cc(C)oc1C)NCCC(OCC)C(C)C.I. The fraction of sp³-hybridized carbons (Fsp3) is 0.750. The summed E-state index contributed by atoms with van der Waals surface area (Å²) in [6, 6.07) is 1.88. The van der Waals surface area contributed by atoms with E-state index >= 15 is 0 Å². The molecule has 2 atom stereocenters. The fourth-order valence-corrected chi connectivity index (χ4v) is 2.98. The molecule has 0 saturated carbocycles. The van der Waals surface area contributed by atoms with Crippen molar-refractivity contribution >= 4 is 29.9 Å². The Hall–Kier alpha value is -0.800. The van der Waals surface area contributed by atoms with Crippen molar-refractivity contribution in [2.75, 3.05) is 26.2 Å². The maximum absolute atomic E-state index is 10.8. The van der Waals surface area contributed by atoms with Crippen LogP contribution in [0.3, 0.4) is 0 Å². The lowest BCUT2D eigenvalue weighted by Crippen LogP contribution is -2.40. The molecule has 0 aliphatic rings. The highest BCUT2D eigenvalue weighted by atomic mass is 127. The number of furan rings is 1. The predicted molar refractivity (Wildman–Crippen MR) is 122 cm³/mol. The van der Waals surface area contributed by atoms with Crippen molar-refractivity contribution in [3.8, 4) is 0 Å². The zero-order valence-corrected chi connectivity index (χ0v) is 20.2. The van der Waals surface area contributed by atoms with Gasteiger partial charge >= 0.3 is 0 Å². The van der Waals surface area contributed by atoms with Gasteiger partial charge in [-0.15, -0.1) is 24.0 Å². The molecule has 1 aromatic rings. The molecule has 1 heterocycles. The highest BCUT2D eigenvalue weighted by Crippen LogP contribution is 2.27. The molecule has 7 heteroatoms. The zero-order valence-electron chi connectivity index (χ0n) is 17.9. The monoisotopic (exact) mass is 495 g/mol. The molecule has 0 aliphatic carbocycles. The van der Waals surface area contributed by atoms with Gasteiger partial charge in [0.05, 0.1) is 12.6 Å². The normalized spacial score (nSPS) is 15.2. The van der Waals surface area contributed by atoms with Crippen LogP contribution in [0.2, 0.25) is 0 Å². The summed E-state index contributed by atoms with van der Waals surface area (Å²) in [6.45, 7) is 16.4. The van der Waals surface area contributed by atoms with E-state index in [1.165, 1.54) is 0 Å². The summed E-state index contributed by atoms with van der Waals surface area (Å²) in [4.78, 5) is 4.56. The van der Waals surface area contributed by atoms with Gasteiger partial charge in [-0.1, -0.05) is 13.8 Å². The van der Waals surface area contributed by atoms with Gasteiger partial charge in [-0.25, -0.2) is 4.99 Å². The topological polar surface area (TPSA) is 79.0 Å². The number of nitrogens with one attached hydrogen (secondary N) is 2. The predicted octanol–water partition coefficient (Wildman–Crippen LogP) is 3.73. The Balaban J connectivity index is 0.00000676. The van der Waals surface area contributed by atoms with Gasteiger partial charge in [-0.2, -0.15) is 0 Å². The minimum atomic E-state index is -1.07. The summed E-state index contributed by atoms with van der Waals surface area (Å²) in [5, 5.41) is 17.4. The number of aliphatic hydroxyl groups is 1. The zero-order chi connectivity index (χ0) is 19.7. The lowest BCUT2D eigenvalue weighted by Gasteiger charge is -2.23. The standard InChI is InChI=1S/C20H37N3O3.HI/c1-8-21-19(22-11-10-18(14(3)4)25-9-2)23-13-20(7,24)17-12-15(5)26-16(17)6;/h12,14,18,24H,8-11,13H2,1-7H3,(H2,21,22,23);1H. The highest BCUT2D eigenvalue weighted by molar-refractivity contribution is 14.0. The third-order valence-corrected chi connectivity index (χ3v) is 4.36. The summed E-state index contributed by atoms with van der Waals surface area (Å²) in [5.74, 6) is 2.70. The smallest absolute Gasteiger partial charge is 0.191 e. The number of ether oxygens (including phenoxy) is 1. The lowest BCUT2D eigenvalue weighted by molar-refractivity contribution is 0.0258. The number of hydrogen-bond acceptors (Lipinski definition) is 4. The number of hydrogen-bond donors (Lipinski definition) is 3. The molecule has 6 nitrogen and oxygen atoms in total. The molecule has 0 aromatic carbocycles. The van der Waals surface area contributed by atoms with Gasteiger partial charge in [0.2, 0.25) is 0 Å². The Kier molecular flexibility index (Phi) is 12.2. The number of halogens is 1. The number of aryl methyl sites for hydroxylation is 2. The van der Waals surface area contributed by atoms with Crippen LogP contribution < -0.4 is 10.6 Å². The van der Waals surface area contributed by atoms with Gasteiger partial charge in [-0.3, -0.25) is 0 Å². The molecule has 0 amide bonds. The molecule has 2 unspecified atom stereocenters. The summed E-state index contributed by atoms with van der Waals surface area (Å²) in [7, 11) is 0. The minimum absolute atomic E-state index is 0. The van der Waals surface area contributed by atoms with Crippen LogP contribution >= 0.6 is 24.0 Å². The maximum Gasteiger partial charge on any atom is 0.191 e. The quantitative estimate of drug-likeness (QED) is 0.262. The van der Waals surface area contributed by atoms with Crippen LogP contribution in [0, 0.1) is 19.8 Å². The molecule has 0 radical (unpaired) electrons. The van der Waals surface area contributed by atoms with Crippen LogP contribution in [0.5, 0.6) is 0 Å². The number of nitrogens with zero attached hydrogens (tertiary/aromatic N) is 1. The molecular formula is C20H38IN3O3. The number of guanidine groups is 1. The number of rotatable bonds is 10. The van der Waals surface area contributed by atoms with Crippen molar-refractivity contribution < 1.29 is 14.3 Å². The first-order valence-electron chi connectivity index (χ1n) is 9.64. The summed E-state index contributed by atoms with van der Waals surface area (Å²) >= 11 is 0. The van der Waals surface area contributed by atoms with Gasteiger partial charge in [0.1, 0.15) is 17.1 Å². The molecule has 0 spiro atoms. The maximum atomic E-state index is 10.8. The number of aliphatic imine (C=N–C) groups is 1. The molecule has 0 aliphatic heterocycles. The van der Waals surface area contributed by atoms with E-state index in [0.717, 1.165) is 43.2 Å². The molecule has 0 bridgehead atoms. The minimum Gasteiger partial charge on any atom is -0.466 e. The van der Waals surface area contributed by atoms with Crippen LogP contribution in [-0.2, 0) is 10.3 Å². The first-order chi connectivity index (χ1) is 12.2. The van der Waals surface area contributed by atoms with Crippen LogP contribution in [0.1, 0.15) is 58.1 Å². The molecule has 1 rings (SSSR count). The largest absolute Gasteiger partial charge is 0.466 e. The van der Waals surface area contributed by atoms with Crippen LogP contribution in [0.15, 0.2) is 15.5 Å². The van der Waals surface area contributed by atoms with Crippen molar-refractivity contribution in [1.82, 2.24) is 10.6 Å². The van der Waals surface area contributed by atoms with E-state index in [4.69, 9.17) is 9.15 Å². The average Bonchev–Trinajstić information content (AvgIpc) is 2.91. The van der Waals surface area contributed by atoms with Crippen molar-refractivity contribution in [2.45, 2.75) is 66.6 Å². The summed E-state index contributed by atoms with van der Waals surface area (Å²) in [6.07, 6.45) is 1.14. The van der Waals surface area contributed by atoms with Gasteiger partial charge in [0.15, 0.2) is 5.96 Å². The second-order valence-corrected chi connectivity index (χ2v) is 7.25. The van der Waals surface area contributed by atoms with Crippen LogP contribution in [-0.4, -0.2) is 43.4 Å². The van der Waals surface area contributed by atoms with E-state index in [1.807, 2.05) is 33.8 Å². The van der Waals surface area contributed by atoms with Crippen molar-refractivity contribution in [2.24, 2.45) is 10.9 Å². The Labute approximate surface area is 181 Å².